The van der Waals surface area contributed by atoms with Crippen LogP contribution in [0.4, 0.5) is 5.82 Å². The summed E-state index contributed by atoms with van der Waals surface area (Å²) in [7, 11) is 0. The first kappa shape index (κ1) is 14.8. The van der Waals surface area contributed by atoms with Gasteiger partial charge in [0.2, 0.25) is 5.82 Å². The van der Waals surface area contributed by atoms with Crippen LogP contribution in [0.3, 0.4) is 0 Å². The summed E-state index contributed by atoms with van der Waals surface area (Å²) in [6.07, 6.45) is 10.3. The van der Waals surface area contributed by atoms with Gasteiger partial charge in [-0.05, 0) is 25.7 Å². The predicted octanol–water partition coefficient (Wildman–Crippen LogP) is 3.40. The summed E-state index contributed by atoms with van der Waals surface area (Å²) in [5, 5.41) is 0. The molecule has 3 rings (SSSR count). The first-order chi connectivity index (χ1) is 10.3. The van der Waals surface area contributed by atoms with Gasteiger partial charge in [-0.1, -0.05) is 32.1 Å². The molecule has 0 spiro atoms. The van der Waals surface area contributed by atoms with Crippen LogP contribution >= 0.6 is 11.7 Å². The molecule has 21 heavy (non-hydrogen) atoms. The van der Waals surface area contributed by atoms with Crippen molar-refractivity contribution in [3.8, 4) is 5.88 Å². The summed E-state index contributed by atoms with van der Waals surface area (Å²) in [6, 6.07) is 0. The van der Waals surface area contributed by atoms with Crippen LogP contribution in [-0.2, 0) is 4.79 Å². The number of esters is 1. The molecule has 1 saturated heterocycles. The second kappa shape index (κ2) is 7.20. The van der Waals surface area contributed by atoms with Gasteiger partial charge in [-0.15, -0.1) is 4.37 Å². The highest BCUT2D eigenvalue weighted by atomic mass is 32.1. The molecule has 0 atom stereocenters. The van der Waals surface area contributed by atoms with Crippen LogP contribution in [0.25, 0.3) is 0 Å². The molecule has 1 aliphatic heterocycles. The summed E-state index contributed by atoms with van der Waals surface area (Å²) in [5.41, 5.74) is 0. The third kappa shape index (κ3) is 3.73. The van der Waals surface area contributed by atoms with Crippen molar-refractivity contribution in [3.05, 3.63) is 0 Å². The molecule has 2 fully saturated rings. The average molecular weight is 309 g/mol. The maximum absolute atomic E-state index is 12.3. The molecule has 6 heteroatoms. The number of rotatable bonds is 3. The predicted molar refractivity (Wildman–Crippen MR) is 82.8 cm³/mol. The lowest BCUT2D eigenvalue weighted by Gasteiger charge is -2.22. The zero-order valence-electron chi connectivity index (χ0n) is 12.4. The minimum absolute atomic E-state index is 0.0532. The van der Waals surface area contributed by atoms with Gasteiger partial charge in [0, 0.05) is 13.1 Å². The molecule has 0 bridgehead atoms. The number of carbonyl (C=O) groups is 1. The van der Waals surface area contributed by atoms with Crippen LogP contribution in [0.1, 0.15) is 57.8 Å². The van der Waals surface area contributed by atoms with Crippen molar-refractivity contribution in [2.45, 2.75) is 57.8 Å². The van der Waals surface area contributed by atoms with Gasteiger partial charge in [-0.25, -0.2) is 0 Å². The molecular formula is C15H23N3O2S. The van der Waals surface area contributed by atoms with E-state index in [1.165, 1.54) is 32.1 Å². The zero-order chi connectivity index (χ0) is 14.5. The van der Waals surface area contributed by atoms with E-state index in [-0.39, 0.29) is 11.9 Å². The molecule has 1 aromatic rings. The number of carbonyl (C=O) groups excluding carboxylic acids is 1. The Morgan fingerprint density at radius 2 is 1.67 bits per heavy atom. The quantitative estimate of drug-likeness (QED) is 0.801. The number of nitrogens with zero attached hydrogens (tertiary/aromatic N) is 3. The first-order valence-electron chi connectivity index (χ1n) is 8.14. The van der Waals surface area contributed by atoms with Crippen LogP contribution in [0, 0.1) is 5.92 Å². The molecule has 0 radical (unpaired) electrons. The van der Waals surface area contributed by atoms with Gasteiger partial charge < -0.3 is 9.64 Å². The summed E-state index contributed by atoms with van der Waals surface area (Å²) in [5.74, 6) is 1.14. The second-order valence-corrected chi connectivity index (χ2v) is 6.58. The maximum Gasteiger partial charge on any atom is 0.315 e. The smallest absolute Gasteiger partial charge is 0.315 e. The van der Waals surface area contributed by atoms with Crippen molar-refractivity contribution in [1.82, 2.24) is 8.75 Å². The van der Waals surface area contributed by atoms with Gasteiger partial charge in [0.05, 0.1) is 17.6 Å². The number of ether oxygens (including phenoxy) is 1. The van der Waals surface area contributed by atoms with Crippen LogP contribution < -0.4 is 9.64 Å². The molecule has 0 unspecified atom stereocenters. The molecule has 0 aromatic carbocycles. The standard InChI is InChI=1S/C15H23N3O2S/c19-15(12-8-4-3-5-9-12)20-14-13(16-21-17-14)18-10-6-1-2-7-11-18/h12H,1-11H2. The van der Waals surface area contributed by atoms with Crippen LogP contribution in [0.2, 0.25) is 0 Å². The topological polar surface area (TPSA) is 55.3 Å². The molecule has 0 N–H and O–H groups in total. The fourth-order valence-corrected chi connectivity index (χ4v) is 3.74. The van der Waals surface area contributed by atoms with E-state index < -0.39 is 0 Å². The number of anilines is 1. The van der Waals surface area contributed by atoms with Crippen molar-refractivity contribution in [3.63, 3.8) is 0 Å². The van der Waals surface area contributed by atoms with E-state index >= 15 is 0 Å². The van der Waals surface area contributed by atoms with E-state index in [9.17, 15) is 4.79 Å². The highest BCUT2D eigenvalue weighted by molar-refractivity contribution is 6.99. The van der Waals surface area contributed by atoms with E-state index in [4.69, 9.17) is 4.74 Å². The van der Waals surface area contributed by atoms with E-state index in [0.717, 1.165) is 56.3 Å². The lowest BCUT2D eigenvalue weighted by atomic mass is 9.89. The zero-order valence-corrected chi connectivity index (χ0v) is 13.2. The highest BCUT2D eigenvalue weighted by Crippen LogP contribution is 2.30. The Labute approximate surface area is 130 Å². The summed E-state index contributed by atoms with van der Waals surface area (Å²) in [6.45, 7) is 1.97. The van der Waals surface area contributed by atoms with Crippen molar-refractivity contribution >= 4 is 23.5 Å². The fraction of sp³-hybridized carbons (Fsp3) is 0.800. The van der Waals surface area contributed by atoms with Gasteiger partial charge in [0.1, 0.15) is 0 Å². The normalized spacial score (nSPS) is 21.0. The summed E-state index contributed by atoms with van der Waals surface area (Å²) < 4.78 is 14.1. The van der Waals surface area contributed by atoms with Gasteiger partial charge in [-0.2, -0.15) is 4.37 Å². The molecular weight excluding hydrogens is 286 g/mol. The monoisotopic (exact) mass is 309 g/mol. The van der Waals surface area contributed by atoms with Crippen LogP contribution in [-0.4, -0.2) is 27.8 Å². The molecule has 116 valence electrons. The van der Waals surface area contributed by atoms with Crippen molar-refractivity contribution in [1.29, 1.82) is 0 Å². The van der Waals surface area contributed by atoms with E-state index in [0.29, 0.717) is 5.88 Å². The average Bonchev–Trinajstić information content (AvgIpc) is 2.81. The number of aromatic nitrogens is 2. The summed E-state index contributed by atoms with van der Waals surface area (Å²) >= 11 is 1.14. The van der Waals surface area contributed by atoms with Gasteiger partial charge >= 0.3 is 5.97 Å². The Kier molecular flexibility index (Phi) is 5.06. The second-order valence-electron chi connectivity index (χ2n) is 6.05. The SMILES string of the molecule is O=C(Oc1nsnc1N1CCCCCC1)C1CCCCC1. The first-order valence-corrected chi connectivity index (χ1v) is 8.87. The fourth-order valence-electron chi connectivity index (χ4n) is 3.23. The molecule has 2 heterocycles. The minimum Gasteiger partial charge on any atom is -0.402 e. The van der Waals surface area contributed by atoms with Gasteiger partial charge in [-0.3, -0.25) is 4.79 Å². The molecule has 1 aliphatic carbocycles. The lowest BCUT2D eigenvalue weighted by molar-refractivity contribution is -0.140. The van der Waals surface area contributed by atoms with Gasteiger partial charge in [0.25, 0.3) is 5.88 Å². The Hall–Kier alpha value is -1.17. The third-order valence-corrected chi connectivity index (χ3v) is 4.99. The van der Waals surface area contributed by atoms with E-state index in [2.05, 4.69) is 13.6 Å². The van der Waals surface area contributed by atoms with Crippen molar-refractivity contribution in [2.24, 2.45) is 5.92 Å². The van der Waals surface area contributed by atoms with E-state index in [1.807, 2.05) is 0 Å². The van der Waals surface area contributed by atoms with Crippen LogP contribution in [0.15, 0.2) is 0 Å². The van der Waals surface area contributed by atoms with Crippen molar-refractivity contribution < 1.29 is 9.53 Å². The molecule has 0 amide bonds. The highest BCUT2D eigenvalue weighted by Gasteiger charge is 2.26. The Morgan fingerprint density at radius 3 is 2.38 bits per heavy atom. The maximum atomic E-state index is 12.3. The molecule has 1 saturated carbocycles. The number of hydrogen-bond donors (Lipinski definition) is 0. The molecule has 5 nitrogen and oxygen atoms in total. The van der Waals surface area contributed by atoms with Crippen LogP contribution in [0.5, 0.6) is 5.88 Å². The Balaban J connectivity index is 1.65. The summed E-state index contributed by atoms with van der Waals surface area (Å²) in [4.78, 5) is 14.5. The van der Waals surface area contributed by atoms with Crippen molar-refractivity contribution in [2.75, 3.05) is 18.0 Å². The lowest BCUT2D eigenvalue weighted by Crippen LogP contribution is -2.27. The Morgan fingerprint density at radius 1 is 1.00 bits per heavy atom. The van der Waals surface area contributed by atoms with Gasteiger partial charge in [0.15, 0.2) is 0 Å². The Bertz CT molecular complexity index is 463. The molecule has 1 aromatic heterocycles. The minimum atomic E-state index is -0.113. The molecule has 2 aliphatic rings. The van der Waals surface area contributed by atoms with E-state index in [1.54, 1.807) is 0 Å². The third-order valence-electron chi connectivity index (χ3n) is 4.48. The largest absolute Gasteiger partial charge is 0.402 e. The number of hydrogen-bond acceptors (Lipinski definition) is 6.